The summed E-state index contributed by atoms with van der Waals surface area (Å²) in [4.78, 5) is 18.4. The van der Waals surface area contributed by atoms with Gasteiger partial charge in [-0.25, -0.2) is 4.98 Å². The van der Waals surface area contributed by atoms with Gasteiger partial charge in [-0.3, -0.25) is 4.79 Å². The second kappa shape index (κ2) is 6.24. The SMILES string of the molecule is Cc1cc(=O)[nH]c(SCC(N)c2ccc(C)c(C)c2)n1. The summed E-state index contributed by atoms with van der Waals surface area (Å²) in [6.45, 7) is 5.97. The Morgan fingerprint density at radius 2 is 2.00 bits per heavy atom. The van der Waals surface area contributed by atoms with Crippen LogP contribution in [0.4, 0.5) is 0 Å². The van der Waals surface area contributed by atoms with Gasteiger partial charge in [0.15, 0.2) is 5.16 Å². The van der Waals surface area contributed by atoms with E-state index >= 15 is 0 Å². The first kappa shape index (κ1) is 14.8. The second-order valence-corrected chi connectivity index (χ2v) is 5.96. The third-order valence-electron chi connectivity index (χ3n) is 3.21. The van der Waals surface area contributed by atoms with Gasteiger partial charge in [-0.2, -0.15) is 0 Å². The van der Waals surface area contributed by atoms with Crippen LogP contribution >= 0.6 is 11.8 Å². The van der Waals surface area contributed by atoms with E-state index in [1.807, 2.05) is 6.92 Å². The Bertz CT molecular complexity index is 666. The van der Waals surface area contributed by atoms with Gasteiger partial charge in [-0.1, -0.05) is 30.0 Å². The van der Waals surface area contributed by atoms with Gasteiger partial charge in [-0.15, -0.1) is 0 Å². The summed E-state index contributed by atoms with van der Waals surface area (Å²) in [6.07, 6.45) is 0. The maximum Gasteiger partial charge on any atom is 0.251 e. The Hall–Kier alpha value is -1.59. The van der Waals surface area contributed by atoms with Crippen LogP contribution < -0.4 is 11.3 Å². The lowest BCUT2D eigenvalue weighted by atomic mass is 10.0. The molecule has 0 saturated carbocycles. The zero-order chi connectivity index (χ0) is 14.7. The second-order valence-electron chi connectivity index (χ2n) is 4.95. The molecule has 1 aromatic heterocycles. The molecule has 106 valence electrons. The number of benzene rings is 1. The summed E-state index contributed by atoms with van der Waals surface area (Å²) in [5.41, 5.74) is 10.4. The van der Waals surface area contributed by atoms with Gasteiger partial charge in [0.1, 0.15) is 0 Å². The predicted molar refractivity (Wildman–Crippen MR) is 83.2 cm³/mol. The Morgan fingerprint density at radius 3 is 2.65 bits per heavy atom. The zero-order valence-corrected chi connectivity index (χ0v) is 12.8. The summed E-state index contributed by atoms with van der Waals surface area (Å²) < 4.78 is 0. The first-order valence-corrected chi connectivity index (χ1v) is 7.48. The van der Waals surface area contributed by atoms with E-state index in [1.54, 1.807) is 0 Å². The molecule has 1 heterocycles. The number of rotatable bonds is 4. The lowest BCUT2D eigenvalue weighted by Gasteiger charge is -2.13. The van der Waals surface area contributed by atoms with Crippen molar-refractivity contribution in [3.63, 3.8) is 0 Å². The summed E-state index contributed by atoms with van der Waals surface area (Å²) in [5, 5.41) is 0.620. The van der Waals surface area contributed by atoms with Gasteiger partial charge in [0, 0.05) is 23.6 Å². The van der Waals surface area contributed by atoms with E-state index in [0.29, 0.717) is 10.9 Å². The molecule has 1 aromatic carbocycles. The highest BCUT2D eigenvalue weighted by Gasteiger charge is 2.09. The summed E-state index contributed by atoms with van der Waals surface area (Å²) in [7, 11) is 0. The number of aryl methyl sites for hydroxylation is 3. The van der Waals surface area contributed by atoms with E-state index in [-0.39, 0.29) is 11.6 Å². The van der Waals surface area contributed by atoms with Crippen molar-refractivity contribution in [1.82, 2.24) is 9.97 Å². The fraction of sp³-hybridized carbons (Fsp3) is 0.333. The first-order chi connectivity index (χ1) is 9.45. The number of aromatic nitrogens is 2. The van der Waals surface area contributed by atoms with E-state index in [0.717, 1.165) is 11.3 Å². The number of H-pyrrole nitrogens is 1. The van der Waals surface area contributed by atoms with Crippen LogP contribution in [0.1, 0.15) is 28.4 Å². The van der Waals surface area contributed by atoms with Crippen molar-refractivity contribution in [2.24, 2.45) is 5.73 Å². The van der Waals surface area contributed by atoms with Crippen molar-refractivity contribution in [3.8, 4) is 0 Å². The van der Waals surface area contributed by atoms with Gasteiger partial charge in [0.05, 0.1) is 0 Å². The molecule has 1 atom stereocenters. The fourth-order valence-electron chi connectivity index (χ4n) is 1.88. The zero-order valence-electron chi connectivity index (χ0n) is 11.9. The molecular formula is C15H19N3OS. The molecule has 0 aliphatic rings. The minimum atomic E-state index is -0.125. The standard InChI is InChI=1S/C15H19N3OS/c1-9-4-5-12(6-10(9)2)13(16)8-20-15-17-11(3)7-14(19)18-15/h4-7,13H,8,16H2,1-3H3,(H,17,18,19). The van der Waals surface area contributed by atoms with Crippen LogP contribution in [0.2, 0.25) is 0 Å². The van der Waals surface area contributed by atoms with Crippen LogP contribution in [-0.2, 0) is 0 Å². The van der Waals surface area contributed by atoms with Crippen LogP contribution in [0.5, 0.6) is 0 Å². The molecule has 0 bridgehead atoms. The topological polar surface area (TPSA) is 71.8 Å². The maximum atomic E-state index is 11.4. The Morgan fingerprint density at radius 1 is 1.25 bits per heavy atom. The molecule has 0 amide bonds. The Balaban J connectivity index is 2.06. The average Bonchev–Trinajstić information content (AvgIpc) is 2.38. The van der Waals surface area contributed by atoms with Crippen molar-refractivity contribution in [3.05, 3.63) is 57.0 Å². The van der Waals surface area contributed by atoms with Gasteiger partial charge < -0.3 is 10.7 Å². The van der Waals surface area contributed by atoms with Crippen LogP contribution in [0.3, 0.4) is 0 Å². The van der Waals surface area contributed by atoms with Crippen molar-refractivity contribution in [2.45, 2.75) is 32.0 Å². The van der Waals surface area contributed by atoms with E-state index in [2.05, 4.69) is 42.0 Å². The fourth-order valence-corrected chi connectivity index (χ4v) is 2.79. The minimum Gasteiger partial charge on any atom is -0.323 e. The summed E-state index contributed by atoms with van der Waals surface area (Å²) >= 11 is 1.47. The molecule has 2 aromatic rings. The Labute approximate surface area is 122 Å². The number of thioether (sulfide) groups is 1. The first-order valence-electron chi connectivity index (χ1n) is 6.49. The van der Waals surface area contributed by atoms with Crippen molar-refractivity contribution < 1.29 is 0 Å². The maximum absolute atomic E-state index is 11.4. The predicted octanol–water partition coefficient (Wildman–Crippen LogP) is 2.49. The van der Waals surface area contributed by atoms with Crippen molar-refractivity contribution in [2.75, 3.05) is 5.75 Å². The number of hydrogen-bond acceptors (Lipinski definition) is 4. The van der Waals surface area contributed by atoms with Crippen LogP contribution in [0.15, 0.2) is 34.2 Å². The molecule has 20 heavy (non-hydrogen) atoms. The van der Waals surface area contributed by atoms with E-state index < -0.39 is 0 Å². The lowest BCUT2D eigenvalue weighted by Crippen LogP contribution is -2.15. The molecular weight excluding hydrogens is 270 g/mol. The van der Waals surface area contributed by atoms with Gasteiger partial charge in [0.2, 0.25) is 0 Å². The molecule has 0 aliphatic heterocycles. The Kier molecular flexibility index (Phi) is 4.62. The normalized spacial score (nSPS) is 12.4. The van der Waals surface area contributed by atoms with Crippen molar-refractivity contribution in [1.29, 1.82) is 0 Å². The smallest absolute Gasteiger partial charge is 0.251 e. The highest BCUT2D eigenvalue weighted by atomic mass is 32.2. The van der Waals surface area contributed by atoms with Crippen LogP contribution in [0, 0.1) is 20.8 Å². The van der Waals surface area contributed by atoms with E-state index in [1.165, 1.54) is 29.0 Å². The van der Waals surface area contributed by atoms with Gasteiger partial charge in [-0.05, 0) is 37.5 Å². The molecule has 0 radical (unpaired) electrons. The molecule has 0 fully saturated rings. The molecule has 4 nitrogen and oxygen atoms in total. The monoisotopic (exact) mass is 289 g/mol. The van der Waals surface area contributed by atoms with Crippen LogP contribution in [-0.4, -0.2) is 15.7 Å². The molecule has 5 heteroatoms. The largest absolute Gasteiger partial charge is 0.323 e. The third-order valence-corrected chi connectivity index (χ3v) is 4.20. The van der Waals surface area contributed by atoms with Gasteiger partial charge in [0.25, 0.3) is 5.56 Å². The molecule has 0 aliphatic carbocycles. The van der Waals surface area contributed by atoms with E-state index in [4.69, 9.17) is 5.73 Å². The summed E-state index contributed by atoms with van der Waals surface area (Å²) in [5.74, 6) is 0.675. The minimum absolute atomic E-state index is 0.0786. The molecule has 0 saturated heterocycles. The van der Waals surface area contributed by atoms with E-state index in [9.17, 15) is 4.79 Å². The highest BCUT2D eigenvalue weighted by molar-refractivity contribution is 7.99. The summed E-state index contributed by atoms with van der Waals surface area (Å²) in [6, 6.07) is 7.66. The average molecular weight is 289 g/mol. The number of nitrogens with two attached hydrogens (primary N) is 1. The molecule has 1 unspecified atom stereocenters. The third kappa shape index (κ3) is 3.71. The number of hydrogen-bond donors (Lipinski definition) is 2. The number of nitrogens with zero attached hydrogens (tertiary/aromatic N) is 1. The lowest BCUT2D eigenvalue weighted by molar-refractivity contribution is 0.821. The number of nitrogens with one attached hydrogen (secondary N) is 1. The quantitative estimate of drug-likeness (QED) is 0.670. The highest BCUT2D eigenvalue weighted by Crippen LogP contribution is 2.21. The van der Waals surface area contributed by atoms with Gasteiger partial charge >= 0.3 is 0 Å². The van der Waals surface area contributed by atoms with Crippen LogP contribution in [0.25, 0.3) is 0 Å². The van der Waals surface area contributed by atoms with Crippen molar-refractivity contribution >= 4 is 11.8 Å². The number of aromatic amines is 1. The molecule has 2 rings (SSSR count). The molecule has 0 spiro atoms. The molecule has 3 N–H and O–H groups in total.